The lowest BCUT2D eigenvalue weighted by Gasteiger charge is -2.17. The number of rotatable bonds is 6. The van der Waals surface area contributed by atoms with Crippen molar-refractivity contribution in [3.8, 4) is 11.1 Å². The molecule has 1 aliphatic carbocycles. The number of aromatic nitrogens is 2. The first-order valence-electron chi connectivity index (χ1n) is 8.21. The Kier molecular flexibility index (Phi) is 5.05. The van der Waals surface area contributed by atoms with Crippen molar-refractivity contribution in [2.45, 2.75) is 31.9 Å². The molecule has 1 heterocycles. The lowest BCUT2D eigenvalue weighted by atomic mass is 10.0. The SMILES string of the molecule is C[C@H](NC(=O)NC[C@@H](O)C1CC1)c1ccc(-c2cncnc2)cc1. The fourth-order valence-corrected chi connectivity index (χ4v) is 2.59. The molecule has 0 bridgehead atoms. The number of benzene rings is 1. The summed E-state index contributed by atoms with van der Waals surface area (Å²) in [6.07, 6.45) is 6.71. The molecule has 0 radical (unpaired) electrons. The summed E-state index contributed by atoms with van der Waals surface area (Å²) in [6, 6.07) is 7.55. The van der Waals surface area contributed by atoms with Crippen molar-refractivity contribution in [3.05, 3.63) is 48.5 Å². The van der Waals surface area contributed by atoms with Crippen molar-refractivity contribution >= 4 is 6.03 Å². The van der Waals surface area contributed by atoms with Gasteiger partial charge in [-0.25, -0.2) is 14.8 Å². The van der Waals surface area contributed by atoms with Gasteiger partial charge in [0.05, 0.1) is 12.1 Å². The molecule has 24 heavy (non-hydrogen) atoms. The van der Waals surface area contributed by atoms with Gasteiger partial charge in [-0.15, -0.1) is 0 Å². The minimum absolute atomic E-state index is 0.121. The van der Waals surface area contributed by atoms with Gasteiger partial charge in [-0.2, -0.15) is 0 Å². The normalized spacial score (nSPS) is 16.2. The van der Waals surface area contributed by atoms with Gasteiger partial charge in [0.15, 0.2) is 0 Å². The molecule has 2 aromatic rings. The van der Waals surface area contributed by atoms with Crippen LogP contribution in [-0.4, -0.2) is 33.8 Å². The van der Waals surface area contributed by atoms with E-state index in [1.54, 1.807) is 12.4 Å². The molecule has 1 saturated carbocycles. The highest BCUT2D eigenvalue weighted by Crippen LogP contribution is 2.32. The van der Waals surface area contributed by atoms with E-state index in [1.807, 2.05) is 31.2 Å². The summed E-state index contributed by atoms with van der Waals surface area (Å²) in [6.45, 7) is 2.23. The van der Waals surface area contributed by atoms with Crippen LogP contribution in [-0.2, 0) is 0 Å². The van der Waals surface area contributed by atoms with Crippen LogP contribution in [0, 0.1) is 5.92 Å². The van der Waals surface area contributed by atoms with Gasteiger partial charge in [-0.3, -0.25) is 0 Å². The lowest BCUT2D eigenvalue weighted by Crippen LogP contribution is -2.41. The van der Waals surface area contributed by atoms with E-state index in [1.165, 1.54) is 6.33 Å². The van der Waals surface area contributed by atoms with Gasteiger partial charge in [0.1, 0.15) is 6.33 Å². The zero-order valence-corrected chi connectivity index (χ0v) is 13.6. The third-order valence-electron chi connectivity index (χ3n) is 4.29. The predicted molar refractivity (Wildman–Crippen MR) is 91.1 cm³/mol. The maximum Gasteiger partial charge on any atom is 0.315 e. The van der Waals surface area contributed by atoms with Crippen LogP contribution in [0.2, 0.25) is 0 Å². The van der Waals surface area contributed by atoms with Gasteiger partial charge < -0.3 is 15.7 Å². The fraction of sp³-hybridized carbons (Fsp3) is 0.389. The summed E-state index contributed by atoms with van der Waals surface area (Å²) in [5.41, 5.74) is 2.99. The van der Waals surface area contributed by atoms with Crippen molar-refractivity contribution in [2.24, 2.45) is 5.92 Å². The summed E-state index contributed by atoms with van der Waals surface area (Å²) in [7, 11) is 0. The average molecular weight is 326 g/mol. The molecule has 0 unspecified atom stereocenters. The average Bonchev–Trinajstić information content (AvgIpc) is 3.46. The molecule has 3 N–H and O–H groups in total. The molecular weight excluding hydrogens is 304 g/mol. The van der Waals surface area contributed by atoms with Crippen LogP contribution in [0.4, 0.5) is 4.79 Å². The van der Waals surface area contributed by atoms with Crippen LogP contribution >= 0.6 is 0 Å². The van der Waals surface area contributed by atoms with Gasteiger partial charge >= 0.3 is 6.03 Å². The fourth-order valence-electron chi connectivity index (χ4n) is 2.59. The highest BCUT2D eigenvalue weighted by molar-refractivity contribution is 5.74. The van der Waals surface area contributed by atoms with Crippen molar-refractivity contribution in [1.29, 1.82) is 0 Å². The van der Waals surface area contributed by atoms with Gasteiger partial charge in [0.25, 0.3) is 0 Å². The van der Waals surface area contributed by atoms with E-state index in [2.05, 4.69) is 20.6 Å². The largest absolute Gasteiger partial charge is 0.391 e. The maximum absolute atomic E-state index is 11.9. The molecule has 6 heteroatoms. The van der Waals surface area contributed by atoms with E-state index in [-0.39, 0.29) is 12.1 Å². The molecule has 3 rings (SSSR count). The van der Waals surface area contributed by atoms with E-state index in [0.717, 1.165) is 29.5 Å². The first kappa shape index (κ1) is 16.4. The number of nitrogens with one attached hydrogen (secondary N) is 2. The van der Waals surface area contributed by atoms with Crippen LogP contribution in [0.3, 0.4) is 0 Å². The standard InChI is InChI=1S/C18H22N4O2/c1-12(22-18(24)21-10-17(23)15-6-7-15)13-2-4-14(5-3-13)16-8-19-11-20-9-16/h2-5,8-9,11-12,15,17,23H,6-7,10H2,1H3,(H2,21,22,24)/t12-,17+/m0/s1. The number of amides is 2. The summed E-state index contributed by atoms with van der Waals surface area (Å²) < 4.78 is 0. The first-order chi connectivity index (χ1) is 11.6. The predicted octanol–water partition coefficient (Wildman–Crippen LogP) is 2.27. The van der Waals surface area contributed by atoms with E-state index >= 15 is 0 Å². The maximum atomic E-state index is 11.9. The quantitative estimate of drug-likeness (QED) is 0.760. The summed E-state index contributed by atoms with van der Waals surface area (Å²) >= 11 is 0. The second kappa shape index (κ2) is 7.40. The molecule has 6 nitrogen and oxygen atoms in total. The number of aliphatic hydroxyl groups excluding tert-OH is 1. The molecule has 1 aromatic carbocycles. The Labute approximate surface area is 141 Å². The number of aliphatic hydroxyl groups is 1. The zero-order chi connectivity index (χ0) is 16.9. The molecule has 126 valence electrons. The van der Waals surface area contributed by atoms with Crippen LogP contribution < -0.4 is 10.6 Å². The Morgan fingerprint density at radius 2 is 1.88 bits per heavy atom. The molecule has 1 fully saturated rings. The van der Waals surface area contributed by atoms with Gasteiger partial charge in [0.2, 0.25) is 0 Å². The van der Waals surface area contributed by atoms with Crippen molar-refractivity contribution < 1.29 is 9.90 Å². The third-order valence-corrected chi connectivity index (χ3v) is 4.29. The summed E-state index contributed by atoms with van der Waals surface area (Å²) in [5, 5.41) is 15.4. The molecule has 0 spiro atoms. The van der Waals surface area contributed by atoms with Gasteiger partial charge in [-0.05, 0) is 36.8 Å². The number of hydrogen-bond acceptors (Lipinski definition) is 4. The van der Waals surface area contributed by atoms with Crippen LogP contribution in [0.5, 0.6) is 0 Å². The third kappa shape index (κ3) is 4.29. The van der Waals surface area contributed by atoms with Crippen LogP contribution in [0.15, 0.2) is 43.0 Å². The van der Waals surface area contributed by atoms with Crippen molar-refractivity contribution in [2.75, 3.05) is 6.54 Å². The second-order valence-electron chi connectivity index (χ2n) is 6.23. The number of carbonyl (C=O) groups is 1. The van der Waals surface area contributed by atoms with Gasteiger partial charge in [-0.1, -0.05) is 24.3 Å². The zero-order valence-electron chi connectivity index (χ0n) is 13.6. The Morgan fingerprint density at radius 1 is 1.21 bits per heavy atom. The number of hydrogen-bond donors (Lipinski definition) is 3. The lowest BCUT2D eigenvalue weighted by molar-refractivity contribution is 0.149. The Morgan fingerprint density at radius 3 is 2.50 bits per heavy atom. The minimum Gasteiger partial charge on any atom is -0.391 e. The molecule has 2 atom stereocenters. The van der Waals surface area contributed by atoms with Gasteiger partial charge in [0, 0.05) is 24.5 Å². The highest BCUT2D eigenvalue weighted by Gasteiger charge is 2.29. The highest BCUT2D eigenvalue weighted by atomic mass is 16.3. The molecule has 0 saturated heterocycles. The van der Waals surface area contributed by atoms with Crippen LogP contribution in [0.25, 0.3) is 11.1 Å². The number of nitrogens with zero attached hydrogens (tertiary/aromatic N) is 2. The molecule has 0 aliphatic heterocycles. The Hall–Kier alpha value is -2.47. The Balaban J connectivity index is 1.52. The number of urea groups is 1. The first-order valence-corrected chi connectivity index (χ1v) is 8.21. The second-order valence-corrected chi connectivity index (χ2v) is 6.23. The topological polar surface area (TPSA) is 87.1 Å². The minimum atomic E-state index is -0.432. The van der Waals surface area contributed by atoms with Crippen LogP contribution in [0.1, 0.15) is 31.4 Å². The summed E-state index contributed by atoms with van der Waals surface area (Å²) in [4.78, 5) is 19.9. The Bertz CT molecular complexity index is 671. The molecule has 1 aromatic heterocycles. The van der Waals surface area contributed by atoms with E-state index < -0.39 is 6.10 Å². The molecular formula is C18H22N4O2. The molecule has 1 aliphatic rings. The smallest absolute Gasteiger partial charge is 0.315 e. The van der Waals surface area contributed by atoms with Crippen molar-refractivity contribution in [3.63, 3.8) is 0 Å². The molecule has 2 amide bonds. The van der Waals surface area contributed by atoms with E-state index in [0.29, 0.717) is 12.5 Å². The van der Waals surface area contributed by atoms with E-state index in [9.17, 15) is 9.90 Å². The van der Waals surface area contributed by atoms with E-state index in [4.69, 9.17) is 0 Å². The van der Waals surface area contributed by atoms with Crippen molar-refractivity contribution in [1.82, 2.24) is 20.6 Å². The monoisotopic (exact) mass is 326 g/mol. The summed E-state index contributed by atoms with van der Waals surface area (Å²) in [5.74, 6) is 0.359. The number of carbonyl (C=O) groups excluding carboxylic acids is 1.